The van der Waals surface area contributed by atoms with E-state index in [4.69, 9.17) is 9.52 Å². The number of carbonyl (C=O) groups is 2. The third kappa shape index (κ3) is 4.90. The SMILES string of the molecule is CC(C)(C)C(NC(=O)/C=C/c1ccc(Br)o1)C(=O)O. The number of hydrogen-bond donors (Lipinski definition) is 2. The standard InChI is InChI=1S/C13H16BrNO4/c1-13(2,3)11(12(17)18)15-10(16)7-5-8-4-6-9(14)19-8/h4-7,11H,1-3H3,(H,15,16)(H,17,18)/b7-5+. The zero-order chi connectivity index (χ0) is 14.6. The van der Waals surface area contributed by atoms with Gasteiger partial charge in [-0.25, -0.2) is 4.79 Å². The highest BCUT2D eigenvalue weighted by atomic mass is 79.9. The highest BCUT2D eigenvalue weighted by Crippen LogP contribution is 2.19. The van der Waals surface area contributed by atoms with Crippen LogP contribution in [0.2, 0.25) is 0 Å². The Morgan fingerprint density at radius 3 is 2.47 bits per heavy atom. The van der Waals surface area contributed by atoms with Crippen LogP contribution in [-0.4, -0.2) is 23.0 Å². The lowest BCUT2D eigenvalue weighted by atomic mass is 9.87. The molecule has 0 aliphatic rings. The van der Waals surface area contributed by atoms with Crippen LogP contribution in [0.4, 0.5) is 0 Å². The van der Waals surface area contributed by atoms with E-state index >= 15 is 0 Å². The van der Waals surface area contributed by atoms with Crippen LogP contribution in [0, 0.1) is 5.41 Å². The van der Waals surface area contributed by atoms with Crippen LogP contribution in [0.15, 0.2) is 27.3 Å². The van der Waals surface area contributed by atoms with Gasteiger partial charge in [0.05, 0.1) is 0 Å². The van der Waals surface area contributed by atoms with E-state index in [1.54, 1.807) is 32.9 Å². The first kappa shape index (κ1) is 15.5. The van der Waals surface area contributed by atoms with E-state index in [1.807, 2.05) is 0 Å². The number of carboxylic acids is 1. The Balaban J connectivity index is 2.68. The Labute approximate surface area is 119 Å². The van der Waals surface area contributed by atoms with Gasteiger partial charge >= 0.3 is 5.97 Å². The molecule has 1 atom stereocenters. The molecule has 0 radical (unpaired) electrons. The molecule has 1 amide bonds. The van der Waals surface area contributed by atoms with Crippen LogP contribution in [0.3, 0.4) is 0 Å². The smallest absolute Gasteiger partial charge is 0.326 e. The zero-order valence-electron chi connectivity index (χ0n) is 10.9. The molecule has 1 rings (SSSR count). The molecule has 1 aromatic rings. The first-order valence-electron chi connectivity index (χ1n) is 5.67. The number of amides is 1. The lowest BCUT2D eigenvalue weighted by molar-refractivity contribution is -0.144. The van der Waals surface area contributed by atoms with Crippen molar-refractivity contribution in [1.29, 1.82) is 0 Å². The fourth-order valence-electron chi connectivity index (χ4n) is 1.41. The highest BCUT2D eigenvalue weighted by molar-refractivity contribution is 9.10. The number of hydrogen-bond acceptors (Lipinski definition) is 3. The van der Waals surface area contributed by atoms with Gasteiger partial charge in [-0.05, 0) is 39.6 Å². The molecule has 104 valence electrons. The van der Waals surface area contributed by atoms with Gasteiger partial charge in [0.25, 0.3) is 0 Å². The Morgan fingerprint density at radius 2 is 2.05 bits per heavy atom. The van der Waals surface area contributed by atoms with Crippen LogP contribution in [0.1, 0.15) is 26.5 Å². The highest BCUT2D eigenvalue weighted by Gasteiger charge is 2.31. The zero-order valence-corrected chi connectivity index (χ0v) is 12.5. The predicted molar refractivity (Wildman–Crippen MR) is 74.5 cm³/mol. The van der Waals surface area contributed by atoms with Crippen LogP contribution in [-0.2, 0) is 9.59 Å². The Hall–Kier alpha value is -1.56. The van der Waals surface area contributed by atoms with Gasteiger partial charge in [-0.2, -0.15) is 0 Å². The van der Waals surface area contributed by atoms with Crippen molar-refractivity contribution >= 4 is 33.9 Å². The molecule has 0 saturated heterocycles. The summed E-state index contributed by atoms with van der Waals surface area (Å²) < 4.78 is 5.75. The second-order valence-electron chi connectivity index (χ2n) is 5.12. The molecule has 0 spiro atoms. The first-order chi connectivity index (χ1) is 8.70. The van der Waals surface area contributed by atoms with E-state index in [0.717, 1.165) is 0 Å². The van der Waals surface area contributed by atoms with Crippen molar-refractivity contribution in [1.82, 2.24) is 5.32 Å². The van der Waals surface area contributed by atoms with Crippen molar-refractivity contribution in [3.8, 4) is 0 Å². The number of aliphatic carboxylic acids is 1. The number of furan rings is 1. The van der Waals surface area contributed by atoms with Crippen molar-refractivity contribution in [2.45, 2.75) is 26.8 Å². The van der Waals surface area contributed by atoms with Gasteiger partial charge in [-0.3, -0.25) is 4.79 Å². The number of nitrogens with one attached hydrogen (secondary N) is 1. The van der Waals surface area contributed by atoms with Crippen LogP contribution in [0.5, 0.6) is 0 Å². The summed E-state index contributed by atoms with van der Waals surface area (Å²) in [4.78, 5) is 22.8. The van der Waals surface area contributed by atoms with Crippen LogP contribution >= 0.6 is 15.9 Å². The van der Waals surface area contributed by atoms with E-state index in [9.17, 15) is 9.59 Å². The van der Waals surface area contributed by atoms with Crippen molar-refractivity contribution in [2.24, 2.45) is 5.41 Å². The van der Waals surface area contributed by atoms with Gasteiger partial charge in [0.1, 0.15) is 11.8 Å². The molecule has 1 aromatic heterocycles. The van der Waals surface area contributed by atoms with Crippen LogP contribution < -0.4 is 5.32 Å². The summed E-state index contributed by atoms with van der Waals surface area (Å²) in [7, 11) is 0. The van der Waals surface area contributed by atoms with Crippen LogP contribution in [0.25, 0.3) is 6.08 Å². The summed E-state index contributed by atoms with van der Waals surface area (Å²) >= 11 is 3.15. The molecule has 0 bridgehead atoms. The van der Waals surface area contributed by atoms with Gasteiger partial charge in [-0.15, -0.1) is 0 Å². The van der Waals surface area contributed by atoms with Gasteiger partial charge < -0.3 is 14.8 Å². The normalized spacial score (nSPS) is 13.5. The lowest BCUT2D eigenvalue weighted by Crippen LogP contribution is -2.48. The van der Waals surface area contributed by atoms with E-state index < -0.39 is 23.3 Å². The predicted octanol–water partition coefficient (Wildman–Crippen LogP) is 2.67. The molecule has 0 aliphatic carbocycles. The van der Waals surface area contributed by atoms with Gasteiger partial charge in [0, 0.05) is 6.08 Å². The number of carboxylic acid groups (broad SMARTS) is 1. The molecule has 1 unspecified atom stereocenters. The summed E-state index contributed by atoms with van der Waals surface area (Å²) in [6.45, 7) is 5.25. The molecule has 6 heteroatoms. The fourth-order valence-corrected chi connectivity index (χ4v) is 1.73. The van der Waals surface area contributed by atoms with Crippen molar-refractivity contribution in [2.75, 3.05) is 0 Å². The average molecular weight is 330 g/mol. The largest absolute Gasteiger partial charge is 0.480 e. The molecule has 19 heavy (non-hydrogen) atoms. The molecular formula is C13H16BrNO4. The van der Waals surface area contributed by atoms with Gasteiger partial charge in [0.2, 0.25) is 5.91 Å². The monoisotopic (exact) mass is 329 g/mol. The maximum atomic E-state index is 11.7. The molecule has 0 aliphatic heterocycles. The quantitative estimate of drug-likeness (QED) is 0.832. The minimum Gasteiger partial charge on any atom is -0.480 e. The maximum absolute atomic E-state index is 11.7. The first-order valence-corrected chi connectivity index (χ1v) is 6.46. The Bertz CT molecular complexity index is 499. The minimum absolute atomic E-state index is 0.477. The molecule has 5 nitrogen and oxygen atoms in total. The lowest BCUT2D eigenvalue weighted by Gasteiger charge is -2.27. The molecular weight excluding hydrogens is 314 g/mol. The molecule has 0 saturated carbocycles. The molecule has 0 aromatic carbocycles. The van der Waals surface area contributed by atoms with E-state index in [1.165, 1.54) is 12.2 Å². The number of carbonyl (C=O) groups excluding carboxylic acids is 1. The molecule has 0 fully saturated rings. The van der Waals surface area contributed by atoms with Crippen molar-refractivity contribution in [3.05, 3.63) is 28.6 Å². The van der Waals surface area contributed by atoms with Gasteiger partial charge in [-0.1, -0.05) is 20.8 Å². The van der Waals surface area contributed by atoms with Crippen molar-refractivity contribution in [3.63, 3.8) is 0 Å². The topological polar surface area (TPSA) is 79.5 Å². The Kier molecular flexibility index (Phi) is 4.94. The average Bonchev–Trinajstić information content (AvgIpc) is 2.67. The molecule has 1 heterocycles. The van der Waals surface area contributed by atoms with E-state index in [2.05, 4.69) is 21.2 Å². The maximum Gasteiger partial charge on any atom is 0.326 e. The van der Waals surface area contributed by atoms with E-state index in [0.29, 0.717) is 10.4 Å². The molecule has 2 N–H and O–H groups in total. The minimum atomic E-state index is -1.06. The Morgan fingerprint density at radius 1 is 1.42 bits per heavy atom. The number of rotatable bonds is 4. The summed E-state index contributed by atoms with van der Waals surface area (Å²) in [5.41, 5.74) is -0.566. The third-order valence-electron chi connectivity index (χ3n) is 2.39. The second-order valence-corrected chi connectivity index (χ2v) is 5.90. The number of halogens is 1. The summed E-state index contributed by atoms with van der Waals surface area (Å²) in [5, 5.41) is 11.5. The van der Waals surface area contributed by atoms with E-state index in [-0.39, 0.29) is 0 Å². The summed E-state index contributed by atoms with van der Waals surface area (Å²) in [5.74, 6) is -1.03. The second kappa shape index (κ2) is 6.06. The third-order valence-corrected chi connectivity index (χ3v) is 2.82. The summed E-state index contributed by atoms with van der Waals surface area (Å²) in [6, 6.07) is 2.44. The summed E-state index contributed by atoms with van der Waals surface area (Å²) in [6.07, 6.45) is 2.72. The van der Waals surface area contributed by atoms with Gasteiger partial charge in [0.15, 0.2) is 4.67 Å². The fraction of sp³-hybridized carbons (Fsp3) is 0.385. The van der Waals surface area contributed by atoms with Crippen molar-refractivity contribution < 1.29 is 19.1 Å².